The van der Waals surface area contributed by atoms with Crippen LogP contribution in [0.4, 0.5) is 0 Å². The van der Waals surface area contributed by atoms with Crippen molar-refractivity contribution in [3.8, 4) is 0 Å². The van der Waals surface area contributed by atoms with E-state index in [1.54, 1.807) is 19.0 Å². The number of halogens is 1. The fourth-order valence-corrected chi connectivity index (χ4v) is 9.13. The Morgan fingerprint density at radius 2 is 1.18 bits per heavy atom. The number of aliphatic hydroxyl groups is 4. The molecule has 0 aromatic carbocycles. The van der Waals surface area contributed by atoms with Gasteiger partial charge in [0.2, 0.25) is 47.3 Å². The minimum Gasteiger partial charge on any atom is -0.481 e. The highest BCUT2D eigenvalue weighted by atomic mass is 35.5. The van der Waals surface area contributed by atoms with E-state index in [1.807, 2.05) is 0 Å². The van der Waals surface area contributed by atoms with Gasteiger partial charge >= 0.3 is 11.9 Å². The number of esters is 1. The van der Waals surface area contributed by atoms with E-state index in [2.05, 4.69) is 60.1 Å². The van der Waals surface area contributed by atoms with Crippen molar-refractivity contribution in [3.63, 3.8) is 0 Å². The van der Waals surface area contributed by atoms with Gasteiger partial charge < -0.3 is 106 Å². The summed E-state index contributed by atoms with van der Waals surface area (Å²) in [6.45, 7) is 3.16. The van der Waals surface area contributed by atoms with E-state index in [-0.39, 0.29) is 51.9 Å². The molecule has 508 valence electrons. The van der Waals surface area contributed by atoms with Crippen LogP contribution < -0.4 is 70.4 Å². The van der Waals surface area contributed by atoms with Crippen LogP contribution in [0.1, 0.15) is 136 Å². The van der Waals surface area contributed by atoms with Crippen molar-refractivity contribution in [1.82, 2.24) is 58.1 Å². The molecule has 1 heterocycles. The summed E-state index contributed by atoms with van der Waals surface area (Å²) in [6.07, 6.45) is 0.577. The zero-order valence-electron chi connectivity index (χ0n) is 51.8. The van der Waals surface area contributed by atoms with Crippen LogP contribution in [0.5, 0.6) is 0 Å². The lowest BCUT2D eigenvalue weighted by Gasteiger charge is -2.29. The number of unbranched alkanes of at least 4 members (excludes halogenated alkanes) is 9. The van der Waals surface area contributed by atoms with Crippen LogP contribution in [-0.2, 0) is 62.3 Å². The second-order valence-electron chi connectivity index (χ2n) is 22.0. The number of nitrogens with one attached hydrogen (secondary N) is 10. The minimum atomic E-state index is -2.50. The lowest BCUT2D eigenvalue weighted by Crippen LogP contribution is -2.63. The summed E-state index contributed by atoms with van der Waals surface area (Å²) in [5.74, 6) is -16.4. The number of hydrogen-bond acceptors (Lipinski definition) is 21. The van der Waals surface area contributed by atoms with E-state index in [0.717, 1.165) is 64.4 Å². The van der Waals surface area contributed by atoms with E-state index in [1.165, 1.54) is 6.92 Å². The van der Waals surface area contributed by atoms with E-state index >= 15 is 0 Å². The van der Waals surface area contributed by atoms with Gasteiger partial charge in [-0.2, -0.15) is 0 Å². The number of amides is 10. The van der Waals surface area contributed by atoms with Crippen molar-refractivity contribution in [2.45, 2.75) is 209 Å². The number of rotatable bonds is 32. The van der Waals surface area contributed by atoms with Crippen LogP contribution in [0.25, 0.3) is 0 Å². The van der Waals surface area contributed by atoms with Gasteiger partial charge in [0.05, 0.1) is 37.0 Å². The number of cyclic esters (lactones) is 1. The lowest BCUT2D eigenvalue weighted by molar-refractivity contribution is -0.154. The van der Waals surface area contributed by atoms with Gasteiger partial charge in [-0.3, -0.25) is 52.7 Å². The normalized spacial score (nSPS) is 23.7. The molecule has 33 heteroatoms. The third-order valence-electron chi connectivity index (χ3n) is 14.1. The summed E-state index contributed by atoms with van der Waals surface area (Å²) in [6, 6.07) is -15.5. The maximum absolute atomic E-state index is 14.3. The number of hydrogen-bond donors (Lipinski definition) is 18. The van der Waals surface area contributed by atoms with Crippen molar-refractivity contribution in [3.05, 3.63) is 11.8 Å². The van der Waals surface area contributed by atoms with Gasteiger partial charge in [0.15, 0.2) is 12.1 Å². The van der Waals surface area contributed by atoms with Crippen molar-refractivity contribution in [1.29, 1.82) is 0 Å². The monoisotopic (exact) mass is 1290 g/mol. The van der Waals surface area contributed by atoms with E-state index in [4.69, 9.17) is 33.5 Å². The lowest BCUT2D eigenvalue weighted by atomic mass is 10.0. The standard InChI is InChI=1S/C56H99ClN14O18/c1-6-8-9-10-11-12-13-14-15-19-33(73)28-41(75)62-39-31-89-56(88)44(40(74)30-57)69-54(86)45(46(78)55(87)61-26-18-27-71(4)5)70-47(79)34(7-2)63-53(85)43(32(3)72)68-50(82)37(22-25-60)65-48(80)35(20-16-17-23-58)64-51(83)38(29-42(76)77)67-49(81)36(21-24-59)66-52(39)84/h7,32-33,35-40,43-46,72-74,78H,6,8-31,58-60H2,1-5H3,(H,61,87)(H,62,75)(H,63,85)(H,64,83)(H,65,80)(H,66,84)(H,67,81)(H,68,82)(H,69,86)(H,70,79)(H,76,77)/b34-7+/t32-,33-,35+,36-,37+,38+,39+,40-,43+,44+,45+,46+/m1/s1. The molecule has 0 unspecified atom stereocenters. The minimum absolute atomic E-state index is 0.0624. The van der Waals surface area contributed by atoms with Crippen molar-refractivity contribution < 1.29 is 87.8 Å². The molecule has 1 fully saturated rings. The van der Waals surface area contributed by atoms with Crippen LogP contribution in [0.2, 0.25) is 0 Å². The number of carbonyl (C=O) groups is 12. The number of carboxylic acid groups (broad SMARTS) is 1. The predicted molar refractivity (Wildman–Crippen MR) is 324 cm³/mol. The molecule has 1 aliphatic rings. The molecule has 0 radical (unpaired) electrons. The topological polar surface area (TPSA) is 517 Å². The quantitative estimate of drug-likeness (QED) is 0.0130. The van der Waals surface area contributed by atoms with Gasteiger partial charge in [-0.05, 0) is 99.1 Å². The van der Waals surface area contributed by atoms with E-state index < -0.39 is 181 Å². The average Bonchev–Trinajstić information content (AvgIpc) is 2.64. The molecule has 10 amide bonds. The molecular formula is C56H99ClN14O18. The number of carbonyl (C=O) groups excluding carboxylic acids is 11. The van der Waals surface area contributed by atoms with Crippen molar-refractivity contribution >= 4 is 82.6 Å². The number of alkyl halides is 1. The third-order valence-corrected chi connectivity index (χ3v) is 14.4. The van der Waals surface area contributed by atoms with Gasteiger partial charge in [-0.1, -0.05) is 70.8 Å². The van der Waals surface area contributed by atoms with Crippen LogP contribution in [0, 0.1) is 0 Å². The van der Waals surface area contributed by atoms with Crippen LogP contribution in [0.15, 0.2) is 11.8 Å². The van der Waals surface area contributed by atoms with Crippen LogP contribution >= 0.6 is 11.6 Å². The second kappa shape index (κ2) is 44.7. The number of ether oxygens (including phenoxy) is 1. The Kier molecular flexibility index (Phi) is 40.4. The number of nitrogens with two attached hydrogens (primary N) is 3. The molecule has 1 saturated heterocycles. The summed E-state index contributed by atoms with van der Waals surface area (Å²) in [4.78, 5) is 168. The van der Waals surface area contributed by atoms with Crippen LogP contribution in [-0.4, -0.2) is 233 Å². The zero-order valence-corrected chi connectivity index (χ0v) is 52.5. The summed E-state index contributed by atoms with van der Waals surface area (Å²) >= 11 is 5.97. The molecule has 21 N–H and O–H groups in total. The zero-order chi connectivity index (χ0) is 67.2. The highest BCUT2D eigenvalue weighted by molar-refractivity contribution is 6.18. The first kappa shape index (κ1) is 80.4. The Morgan fingerprint density at radius 3 is 1.71 bits per heavy atom. The number of allylic oxidation sites excluding steroid dienone is 1. The molecule has 0 spiro atoms. The Balaban J connectivity index is 4.11. The second-order valence-corrected chi connectivity index (χ2v) is 22.3. The number of carboxylic acids is 1. The smallest absolute Gasteiger partial charge is 0.331 e. The Bertz CT molecular complexity index is 2320. The summed E-state index contributed by atoms with van der Waals surface area (Å²) < 4.78 is 5.39. The highest BCUT2D eigenvalue weighted by Gasteiger charge is 2.41. The third kappa shape index (κ3) is 31.6. The highest BCUT2D eigenvalue weighted by Crippen LogP contribution is 2.14. The van der Waals surface area contributed by atoms with Gasteiger partial charge in [-0.25, -0.2) is 4.79 Å². The maximum atomic E-state index is 14.3. The fraction of sp³-hybridized carbons (Fsp3) is 0.750. The maximum Gasteiger partial charge on any atom is 0.331 e. The molecule has 0 aromatic heterocycles. The summed E-state index contributed by atoms with van der Waals surface area (Å²) in [5.41, 5.74) is 16.6. The molecule has 0 aromatic rings. The molecule has 12 atom stereocenters. The largest absolute Gasteiger partial charge is 0.481 e. The molecule has 89 heavy (non-hydrogen) atoms. The number of aliphatic hydroxyl groups excluding tert-OH is 4. The van der Waals surface area contributed by atoms with Gasteiger partial charge in [0.25, 0.3) is 11.8 Å². The molecule has 1 aliphatic heterocycles. The average molecular weight is 1290 g/mol. The molecule has 1 rings (SSSR count). The summed E-state index contributed by atoms with van der Waals surface area (Å²) in [5, 5.41) is 76.8. The van der Waals surface area contributed by atoms with Gasteiger partial charge in [0, 0.05) is 6.54 Å². The summed E-state index contributed by atoms with van der Waals surface area (Å²) in [7, 11) is 3.50. The van der Waals surface area contributed by atoms with Gasteiger partial charge in [-0.15, -0.1) is 11.6 Å². The van der Waals surface area contributed by atoms with E-state index in [9.17, 15) is 83.1 Å². The van der Waals surface area contributed by atoms with Crippen molar-refractivity contribution in [2.24, 2.45) is 17.2 Å². The fourth-order valence-electron chi connectivity index (χ4n) is 8.95. The van der Waals surface area contributed by atoms with Crippen molar-refractivity contribution in [2.75, 3.05) is 59.3 Å². The molecule has 0 aliphatic carbocycles. The first-order chi connectivity index (χ1) is 42.2. The van der Waals surface area contributed by atoms with Gasteiger partial charge in [0.1, 0.15) is 54.6 Å². The first-order valence-electron chi connectivity index (χ1n) is 30.3. The first-order valence-corrected chi connectivity index (χ1v) is 30.8. The Labute approximate surface area is 524 Å². The Hall–Kier alpha value is -6.65. The molecule has 0 saturated carbocycles. The molecule has 32 nitrogen and oxygen atoms in total. The predicted octanol–water partition coefficient (Wildman–Crippen LogP) is -5.18. The Morgan fingerprint density at radius 1 is 0.652 bits per heavy atom. The van der Waals surface area contributed by atoms with E-state index in [0.29, 0.717) is 25.8 Å². The van der Waals surface area contributed by atoms with Crippen LogP contribution in [0.3, 0.4) is 0 Å². The molecule has 0 bridgehead atoms. The number of nitrogens with zero attached hydrogens (tertiary/aromatic N) is 1. The number of aliphatic carboxylic acids is 1. The molecular weight excluding hydrogens is 1190 g/mol. The SMILES string of the molecule is C/C=C1/NC(=O)[C@H]([C@@H](C)O)NC(=O)[C@H](CCN)NC(=O)[C@H](CCCCN)NC(=O)[C@H](CC(=O)O)NC(=O)[C@@H](CCN)NC(=O)[C@@H](NC(=O)C[C@H](O)CCCCCCCCCCC)COC(=O)[C@H]([C@H](O)CCl)NC(=O)[C@H]([C@H](O)C(=O)NCCCN(C)C)NC1=O.